The highest BCUT2D eigenvalue weighted by molar-refractivity contribution is 6.10. The average molecular weight is 373 g/mol. The number of amides is 1. The van der Waals surface area contributed by atoms with Crippen molar-refractivity contribution in [3.63, 3.8) is 0 Å². The number of rotatable bonds is 4. The first kappa shape index (κ1) is 17.8. The number of hydrogen-bond donors (Lipinski definition) is 1. The summed E-state index contributed by atoms with van der Waals surface area (Å²) in [7, 11) is 0. The molecule has 6 nitrogen and oxygen atoms in total. The monoisotopic (exact) mass is 373 g/mol. The van der Waals surface area contributed by atoms with E-state index in [2.05, 4.69) is 10.2 Å². The molecule has 0 spiro atoms. The molecule has 6 heteroatoms. The molecule has 1 aliphatic rings. The lowest BCUT2D eigenvalue weighted by atomic mass is 10.1. The summed E-state index contributed by atoms with van der Waals surface area (Å²) in [6.07, 6.45) is 1.46. The van der Waals surface area contributed by atoms with E-state index in [1.54, 1.807) is 6.07 Å². The third-order valence-electron chi connectivity index (χ3n) is 4.59. The van der Waals surface area contributed by atoms with Crippen molar-refractivity contribution in [1.29, 1.82) is 5.26 Å². The Morgan fingerprint density at radius 1 is 1.07 bits per heavy atom. The highest BCUT2D eigenvalue weighted by atomic mass is 16.5. The van der Waals surface area contributed by atoms with Crippen LogP contribution in [0.2, 0.25) is 0 Å². The van der Waals surface area contributed by atoms with E-state index in [0.29, 0.717) is 30.5 Å². The number of nitrogens with zero attached hydrogens (tertiary/aromatic N) is 2. The van der Waals surface area contributed by atoms with Gasteiger partial charge in [-0.2, -0.15) is 5.26 Å². The van der Waals surface area contributed by atoms with Crippen molar-refractivity contribution in [2.75, 3.05) is 36.5 Å². The summed E-state index contributed by atoms with van der Waals surface area (Å²) in [6.45, 7) is 2.82. The number of nitrogens with one attached hydrogen (secondary N) is 1. The Balaban J connectivity index is 1.50. The van der Waals surface area contributed by atoms with Gasteiger partial charge >= 0.3 is 0 Å². The van der Waals surface area contributed by atoms with E-state index in [9.17, 15) is 10.1 Å². The topological polar surface area (TPSA) is 78.5 Å². The van der Waals surface area contributed by atoms with Gasteiger partial charge in [-0.05, 0) is 29.0 Å². The normalized spacial score (nSPS) is 14.7. The van der Waals surface area contributed by atoms with Gasteiger partial charge in [-0.25, -0.2) is 0 Å². The zero-order chi connectivity index (χ0) is 19.3. The molecule has 1 aliphatic heterocycles. The maximum absolute atomic E-state index is 12.5. The fourth-order valence-corrected chi connectivity index (χ4v) is 3.13. The molecule has 0 aliphatic carbocycles. The van der Waals surface area contributed by atoms with E-state index in [0.717, 1.165) is 23.9 Å². The Morgan fingerprint density at radius 2 is 1.86 bits per heavy atom. The number of nitriles is 1. The van der Waals surface area contributed by atoms with Gasteiger partial charge in [-0.15, -0.1) is 0 Å². The minimum absolute atomic E-state index is 0.0176. The molecule has 0 bridgehead atoms. The molecule has 1 N–H and O–H groups in total. The lowest BCUT2D eigenvalue weighted by molar-refractivity contribution is -0.112. The van der Waals surface area contributed by atoms with Crippen molar-refractivity contribution in [2.24, 2.45) is 0 Å². The van der Waals surface area contributed by atoms with Gasteiger partial charge in [-0.3, -0.25) is 4.79 Å². The lowest BCUT2D eigenvalue weighted by Gasteiger charge is -2.26. The van der Waals surface area contributed by atoms with Crippen LogP contribution in [0.5, 0.6) is 0 Å². The van der Waals surface area contributed by atoms with Crippen LogP contribution in [-0.4, -0.2) is 32.2 Å². The fraction of sp³-hybridized carbons (Fsp3) is 0.182. The van der Waals surface area contributed by atoms with Crippen LogP contribution in [0, 0.1) is 11.3 Å². The SMILES string of the molecule is N#C/C(=C/c1ccc(N2CCOCC2)o1)C(=O)Nc1ccc2ccccc2c1. The summed E-state index contributed by atoms with van der Waals surface area (Å²) in [4.78, 5) is 14.6. The lowest BCUT2D eigenvalue weighted by Crippen LogP contribution is -2.35. The number of hydrogen-bond acceptors (Lipinski definition) is 5. The molecular weight excluding hydrogens is 354 g/mol. The predicted octanol–water partition coefficient (Wildman–Crippen LogP) is 3.82. The Kier molecular flexibility index (Phi) is 5.09. The van der Waals surface area contributed by atoms with Crippen LogP contribution in [0.1, 0.15) is 5.76 Å². The predicted molar refractivity (Wildman–Crippen MR) is 108 cm³/mol. The molecule has 0 atom stereocenters. The number of morpholine rings is 1. The smallest absolute Gasteiger partial charge is 0.266 e. The van der Waals surface area contributed by atoms with Gasteiger partial charge in [0.25, 0.3) is 5.91 Å². The highest BCUT2D eigenvalue weighted by Crippen LogP contribution is 2.22. The zero-order valence-electron chi connectivity index (χ0n) is 15.2. The molecule has 0 unspecified atom stereocenters. The summed E-state index contributed by atoms with van der Waals surface area (Å²) in [5.74, 6) is 0.704. The molecule has 2 heterocycles. The van der Waals surface area contributed by atoms with Gasteiger partial charge < -0.3 is 19.4 Å². The van der Waals surface area contributed by atoms with Gasteiger partial charge in [0.05, 0.1) is 13.2 Å². The van der Waals surface area contributed by atoms with E-state index < -0.39 is 5.91 Å². The second-order valence-electron chi connectivity index (χ2n) is 6.46. The molecule has 2 aromatic carbocycles. The van der Waals surface area contributed by atoms with Crippen molar-refractivity contribution < 1.29 is 13.9 Å². The standard InChI is InChI=1S/C22H19N3O3/c23-15-18(14-20-7-8-21(28-20)25-9-11-27-12-10-25)22(26)24-19-6-5-16-3-1-2-4-17(16)13-19/h1-8,13-14H,9-12H2,(H,24,26)/b18-14-. The molecule has 0 radical (unpaired) electrons. The molecular formula is C22H19N3O3. The van der Waals surface area contributed by atoms with Crippen molar-refractivity contribution in [3.8, 4) is 6.07 Å². The zero-order valence-corrected chi connectivity index (χ0v) is 15.2. The second kappa shape index (κ2) is 7.99. The Labute approximate surface area is 162 Å². The van der Waals surface area contributed by atoms with Crippen LogP contribution in [0.25, 0.3) is 16.8 Å². The number of fused-ring (bicyclic) bond motifs is 1. The maximum atomic E-state index is 12.5. The number of carbonyl (C=O) groups excluding carboxylic acids is 1. The number of ether oxygens (including phenoxy) is 1. The molecule has 1 saturated heterocycles. The van der Waals surface area contributed by atoms with E-state index in [1.165, 1.54) is 6.08 Å². The third-order valence-corrected chi connectivity index (χ3v) is 4.59. The van der Waals surface area contributed by atoms with Crippen LogP contribution in [0.3, 0.4) is 0 Å². The van der Waals surface area contributed by atoms with Crippen LogP contribution < -0.4 is 10.2 Å². The molecule has 1 fully saturated rings. The van der Waals surface area contributed by atoms with E-state index in [4.69, 9.17) is 9.15 Å². The highest BCUT2D eigenvalue weighted by Gasteiger charge is 2.16. The van der Waals surface area contributed by atoms with Gasteiger partial charge in [0.1, 0.15) is 17.4 Å². The second-order valence-corrected chi connectivity index (χ2v) is 6.46. The largest absolute Gasteiger partial charge is 0.441 e. The number of furan rings is 1. The van der Waals surface area contributed by atoms with Crippen molar-refractivity contribution in [1.82, 2.24) is 0 Å². The van der Waals surface area contributed by atoms with Gasteiger partial charge in [0, 0.05) is 30.9 Å². The summed E-state index contributed by atoms with van der Waals surface area (Å²) in [5, 5.41) is 14.3. The van der Waals surface area contributed by atoms with Crippen molar-refractivity contribution >= 4 is 34.3 Å². The van der Waals surface area contributed by atoms with Crippen LogP contribution >= 0.6 is 0 Å². The summed E-state index contributed by atoms with van der Waals surface area (Å²) < 4.78 is 11.1. The first-order chi connectivity index (χ1) is 13.7. The van der Waals surface area contributed by atoms with Crippen LogP contribution in [0.15, 0.2) is 64.6 Å². The van der Waals surface area contributed by atoms with E-state index in [-0.39, 0.29) is 5.57 Å². The quantitative estimate of drug-likeness (QED) is 0.556. The molecule has 28 heavy (non-hydrogen) atoms. The molecule has 3 aromatic rings. The Hall–Kier alpha value is -3.56. The van der Waals surface area contributed by atoms with Crippen LogP contribution in [0.4, 0.5) is 11.6 Å². The summed E-state index contributed by atoms with van der Waals surface area (Å²) >= 11 is 0. The molecule has 1 aromatic heterocycles. The number of benzene rings is 2. The third kappa shape index (κ3) is 3.90. The van der Waals surface area contributed by atoms with Gasteiger partial charge in [-0.1, -0.05) is 30.3 Å². The number of carbonyl (C=O) groups is 1. The first-order valence-electron chi connectivity index (χ1n) is 9.07. The van der Waals surface area contributed by atoms with Gasteiger partial charge in [0.2, 0.25) is 0 Å². The molecule has 4 rings (SSSR count). The Morgan fingerprint density at radius 3 is 2.64 bits per heavy atom. The maximum Gasteiger partial charge on any atom is 0.266 e. The summed E-state index contributed by atoms with van der Waals surface area (Å²) in [6, 6.07) is 19.1. The van der Waals surface area contributed by atoms with Crippen molar-refractivity contribution in [2.45, 2.75) is 0 Å². The van der Waals surface area contributed by atoms with E-state index >= 15 is 0 Å². The van der Waals surface area contributed by atoms with Crippen LogP contribution in [-0.2, 0) is 9.53 Å². The molecule has 0 saturated carbocycles. The van der Waals surface area contributed by atoms with Crippen molar-refractivity contribution in [3.05, 3.63) is 65.9 Å². The first-order valence-corrected chi connectivity index (χ1v) is 9.07. The average Bonchev–Trinajstić information content (AvgIpc) is 3.21. The molecule has 1 amide bonds. The molecule has 140 valence electrons. The van der Waals surface area contributed by atoms with E-state index in [1.807, 2.05) is 54.6 Å². The minimum Gasteiger partial charge on any atom is -0.441 e. The Bertz CT molecular complexity index is 1070. The van der Waals surface area contributed by atoms with Gasteiger partial charge in [0.15, 0.2) is 5.88 Å². The number of anilines is 2. The summed E-state index contributed by atoms with van der Waals surface area (Å²) in [5.41, 5.74) is 0.620. The minimum atomic E-state index is -0.470. The fourth-order valence-electron chi connectivity index (χ4n) is 3.13.